The summed E-state index contributed by atoms with van der Waals surface area (Å²) in [7, 11) is 0. The highest BCUT2D eigenvalue weighted by Crippen LogP contribution is 2.41. The second kappa shape index (κ2) is 9.87. The number of aromatic nitrogens is 5. The van der Waals surface area contributed by atoms with Crippen LogP contribution in [0.15, 0.2) is 73.3 Å². The molecule has 9 nitrogen and oxygen atoms in total. The number of nitrogens with two attached hydrogens (primary N) is 1. The van der Waals surface area contributed by atoms with Crippen molar-refractivity contribution in [2.24, 2.45) is 0 Å². The van der Waals surface area contributed by atoms with Gasteiger partial charge in [0.15, 0.2) is 23.2 Å². The lowest BCUT2D eigenvalue weighted by Gasteiger charge is -2.11. The fourth-order valence-corrected chi connectivity index (χ4v) is 4.06. The van der Waals surface area contributed by atoms with Crippen molar-refractivity contribution in [3.8, 4) is 34.0 Å². The molecule has 0 aliphatic heterocycles. The summed E-state index contributed by atoms with van der Waals surface area (Å²) in [5.41, 5.74) is 9.01. The number of nitrogens with zero attached hydrogens (tertiary/aromatic N) is 5. The number of amides is 1. The third-order valence-electron chi connectivity index (χ3n) is 5.50. The number of nitrogens with one attached hydrogen (secondary N) is 1. The number of ether oxygens (including phenoxy) is 1. The minimum Gasteiger partial charge on any atom is -0.436 e. The van der Waals surface area contributed by atoms with Crippen LogP contribution in [-0.4, -0.2) is 30.7 Å². The van der Waals surface area contributed by atoms with Gasteiger partial charge in [-0.15, -0.1) is 14.8 Å². The van der Waals surface area contributed by atoms with E-state index in [1.165, 1.54) is 35.2 Å². The zero-order valence-corrected chi connectivity index (χ0v) is 20.5. The lowest BCUT2D eigenvalue weighted by Crippen LogP contribution is -2.11. The quantitative estimate of drug-likeness (QED) is 0.267. The SMILES string of the molecule is C=C(F)C(=O)Nc1ccc(-c2nn3ncnc(N)c3c2-c2ccc(Oc3cccc(C)n3)c(F)c2)c(Cl)c1. The molecule has 3 heterocycles. The van der Waals surface area contributed by atoms with Crippen molar-refractivity contribution in [1.29, 1.82) is 0 Å². The molecule has 0 fully saturated rings. The number of hydrogen-bond acceptors (Lipinski definition) is 7. The zero-order chi connectivity index (χ0) is 27.0. The molecule has 0 radical (unpaired) electrons. The van der Waals surface area contributed by atoms with Gasteiger partial charge in [0.05, 0.1) is 5.02 Å². The summed E-state index contributed by atoms with van der Waals surface area (Å²) in [5, 5.41) is 11.1. The Morgan fingerprint density at radius 1 is 1.18 bits per heavy atom. The van der Waals surface area contributed by atoms with E-state index in [4.69, 9.17) is 22.1 Å². The van der Waals surface area contributed by atoms with E-state index in [-0.39, 0.29) is 28.2 Å². The number of nitrogen functional groups attached to an aromatic ring is 1. The molecule has 0 aliphatic carbocycles. The number of carbonyl (C=O) groups is 1. The first-order valence-corrected chi connectivity index (χ1v) is 11.5. The lowest BCUT2D eigenvalue weighted by molar-refractivity contribution is -0.114. The van der Waals surface area contributed by atoms with E-state index in [9.17, 15) is 9.18 Å². The summed E-state index contributed by atoms with van der Waals surface area (Å²) in [5.74, 6) is -2.46. The minimum absolute atomic E-state index is 0.0262. The average molecular weight is 534 g/mol. The molecule has 2 aromatic carbocycles. The molecule has 12 heteroatoms. The van der Waals surface area contributed by atoms with E-state index >= 15 is 4.39 Å². The Labute approximate surface area is 219 Å². The molecule has 3 aromatic heterocycles. The maximum absolute atomic E-state index is 15.2. The molecule has 5 aromatic rings. The van der Waals surface area contributed by atoms with Crippen molar-refractivity contribution in [3.05, 3.63) is 89.9 Å². The van der Waals surface area contributed by atoms with Gasteiger partial charge >= 0.3 is 0 Å². The predicted octanol–water partition coefficient (Wildman–Crippen LogP) is 5.75. The van der Waals surface area contributed by atoms with Crippen LogP contribution in [0.1, 0.15) is 5.69 Å². The molecule has 0 saturated carbocycles. The van der Waals surface area contributed by atoms with Gasteiger partial charge in [0, 0.05) is 28.6 Å². The van der Waals surface area contributed by atoms with Crippen LogP contribution in [0.5, 0.6) is 11.6 Å². The number of anilines is 2. The van der Waals surface area contributed by atoms with E-state index < -0.39 is 17.6 Å². The van der Waals surface area contributed by atoms with Crippen LogP contribution in [0.2, 0.25) is 5.02 Å². The van der Waals surface area contributed by atoms with Gasteiger partial charge in [0.1, 0.15) is 17.5 Å². The van der Waals surface area contributed by atoms with E-state index in [0.717, 1.165) is 5.69 Å². The van der Waals surface area contributed by atoms with Gasteiger partial charge in [-0.1, -0.05) is 30.3 Å². The van der Waals surface area contributed by atoms with Gasteiger partial charge in [0.25, 0.3) is 5.91 Å². The maximum Gasteiger partial charge on any atom is 0.283 e. The summed E-state index contributed by atoms with van der Waals surface area (Å²) >= 11 is 6.53. The molecule has 0 aliphatic rings. The van der Waals surface area contributed by atoms with Gasteiger partial charge in [-0.3, -0.25) is 4.79 Å². The molecule has 1 amide bonds. The van der Waals surface area contributed by atoms with Gasteiger partial charge in [-0.2, -0.15) is 0 Å². The first-order valence-electron chi connectivity index (χ1n) is 11.1. The third-order valence-corrected chi connectivity index (χ3v) is 5.81. The Bertz CT molecular complexity index is 1740. The average Bonchev–Trinajstić information content (AvgIpc) is 3.26. The van der Waals surface area contributed by atoms with E-state index in [2.05, 4.69) is 32.1 Å². The Morgan fingerprint density at radius 2 is 2.00 bits per heavy atom. The van der Waals surface area contributed by atoms with Gasteiger partial charge in [-0.05, 0) is 48.9 Å². The molecular formula is C26H18ClF2N7O2. The molecule has 0 unspecified atom stereocenters. The number of halogens is 3. The normalized spacial score (nSPS) is 10.9. The van der Waals surface area contributed by atoms with Crippen molar-refractivity contribution < 1.29 is 18.3 Å². The summed E-state index contributed by atoms with van der Waals surface area (Å²) in [4.78, 5) is 19.9. The molecular weight excluding hydrogens is 516 g/mol. The first-order chi connectivity index (χ1) is 18.2. The molecule has 0 bridgehead atoms. The van der Waals surface area contributed by atoms with Crippen LogP contribution in [-0.2, 0) is 4.79 Å². The van der Waals surface area contributed by atoms with Crippen LogP contribution in [0.25, 0.3) is 27.9 Å². The standard InChI is InChI=1S/C26H18ClF2N7O2/c1-13-4-3-5-21(33-13)38-20-9-6-15(10-19(20)29)22-23(35-36-24(22)25(30)31-12-32-36)17-8-7-16(11-18(17)27)34-26(37)14(2)28/h3-12H,2H2,1H3,(H,34,37)(H2,30,31,32). The van der Waals surface area contributed by atoms with Gasteiger partial charge in [-0.25, -0.2) is 18.7 Å². The van der Waals surface area contributed by atoms with Crippen LogP contribution < -0.4 is 15.8 Å². The lowest BCUT2D eigenvalue weighted by atomic mass is 9.99. The van der Waals surface area contributed by atoms with Crippen molar-refractivity contribution >= 4 is 34.5 Å². The van der Waals surface area contributed by atoms with Crippen molar-refractivity contribution in [2.75, 3.05) is 11.1 Å². The maximum atomic E-state index is 15.2. The first kappa shape index (κ1) is 24.8. The highest BCUT2D eigenvalue weighted by Gasteiger charge is 2.23. The summed E-state index contributed by atoms with van der Waals surface area (Å²) < 4.78 is 35.2. The highest BCUT2D eigenvalue weighted by molar-refractivity contribution is 6.34. The van der Waals surface area contributed by atoms with Gasteiger partial charge in [0.2, 0.25) is 5.88 Å². The Hall–Kier alpha value is -4.90. The predicted molar refractivity (Wildman–Crippen MR) is 139 cm³/mol. The molecule has 38 heavy (non-hydrogen) atoms. The van der Waals surface area contributed by atoms with E-state index in [1.807, 2.05) is 0 Å². The third kappa shape index (κ3) is 4.74. The molecule has 5 rings (SSSR count). The summed E-state index contributed by atoms with van der Waals surface area (Å²) in [6.07, 6.45) is 1.24. The van der Waals surface area contributed by atoms with Crippen molar-refractivity contribution in [1.82, 2.24) is 24.8 Å². The minimum atomic E-state index is -1.14. The fourth-order valence-electron chi connectivity index (χ4n) is 3.79. The number of aryl methyl sites for hydroxylation is 1. The Balaban J connectivity index is 1.61. The second-order valence-corrected chi connectivity index (χ2v) is 8.53. The molecule has 0 spiro atoms. The number of hydrogen-bond donors (Lipinski definition) is 2. The number of fused-ring (bicyclic) bond motifs is 1. The molecule has 0 atom stereocenters. The monoisotopic (exact) mass is 533 g/mol. The van der Waals surface area contributed by atoms with Gasteiger partial charge < -0.3 is 15.8 Å². The van der Waals surface area contributed by atoms with E-state index in [0.29, 0.717) is 27.9 Å². The number of rotatable bonds is 6. The smallest absolute Gasteiger partial charge is 0.283 e. The van der Waals surface area contributed by atoms with Crippen molar-refractivity contribution in [2.45, 2.75) is 6.92 Å². The molecule has 0 saturated heterocycles. The van der Waals surface area contributed by atoms with Crippen LogP contribution in [0.4, 0.5) is 20.3 Å². The number of pyridine rings is 1. The Kier molecular flexibility index (Phi) is 6.43. The fraction of sp³-hybridized carbons (Fsp3) is 0.0385. The van der Waals surface area contributed by atoms with Crippen LogP contribution >= 0.6 is 11.6 Å². The highest BCUT2D eigenvalue weighted by atomic mass is 35.5. The number of benzene rings is 2. The summed E-state index contributed by atoms with van der Waals surface area (Å²) in [6, 6.07) is 14.1. The topological polar surface area (TPSA) is 120 Å². The largest absolute Gasteiger partial charge is 0.436 e. The Morgan fingerprint density at radius 3 is 2.71 bits per heavy atom. The number of carbonyl (C=O) groups excluding carboxylic acids is 1. The van der Waals surface area contributed by atoms with Crippen LogP contribution in [0.3, 0.4) is 0 Å². The summed E-state index contributed by atoms with van der Waals surface area (Å²) in [6.45, 7) is 4.77. The van der Waals surface area contributed by atoms with Crippen molar-refractivity contribution in [3.63, 3.8) is 0 Å². The van der Waals surface area contributed by atoms with E-state index in [1.54, 1.807) is 37.3 Å². The molecule has 3 N–H and O–H groups in total. The van der Waals surface area contributed by atoms with Crippen LogP contribution in [0, 0.1) is 12.7 Å². The second-order valence-electron chi connectivity index (χ2n) is 8.13. The molecule has 190 valence electrons. The zero-order valence-electron chi connectivity index (χ0n) is 19.7.